The van der Waals surface area contributed by atoms with E-state index in [1.165, 1.54) is 51.0 Å². The van der Waals surface area contributed by atoms with Crippen LogP contribution in [0.3, 0.4) is 0 Å². The zero-order valence-electron chi connectivity index (χ0n) is 18.0. The summed E-state index contributed by atoms with van der Waals surface area (Å²) >= 11 is 0. The number of piperidine rings is 1. The van der Waals surface area contributed by atoms with Crippen molar-refractivity contribution in [3.63, 3.8) is 0 Å². The summed E-state index contributed by atoms with van der Waals surface area (Å²) < 4.78 is 26.8. The number of hydrogen-bond donors (Lipinski definition) is 2. The van der Waals surface area contributed by atoms with E-state index in [1.54, 1.807) is 13.0 Å². The highest BCUT2D eigenvalue weighted by atomic mass is 32.2. The Bertz CT molecular complexity index is 995. The van der Waals surface area contributed by atoms with Crippen LogP contribution in [-0.4, -0.2) is 39.4 Å². The van der Waals surface area contributed by atoms with E-state index in [-0.39, 0.29) is 10.8 Å². The van der Waals surface area contributed by atoms with Gasteiger partial charge >= 0.3 is 0 Å². The van der Waals surface area contributed by atoms with Gasteiger partial charge in [-0.25, -0.2) is 13.1 Å². The second kappa shape index (κ2) is 9.73. The highest BCUT2D eigenvalue weighted by Crippen LogP contribution is 2.21. The molecule has 1 aliphatic heterocycles. The molecule has 1 amide bonds. The third-order valence-corrected chi connectivity index (χ3v) is 7.31. The first kappa shape index (κ1) is 22.5. The Hall–Kier alpha value is -2.22. The van der Waals surface area contributed by atoms with Crippen LogP contribution >= 0.6 is 0 Å². The quantitative estimate of drug-likeness (QED) is 0.709. The van der Waals surface area contributed by atoms with Crippen molar-refractivity contribution in [1.82, 2.24) is 14.9 Å². The van der Waals surface area contributed by atoms with Crippen LogP contribution in [0.5, 0.6) is 0 Å². The van der Waals surface area contributed by atoms with Crippen LogP contribution in [0.2, 0.25) is 0 Å². The van der Waals surface area contributed by atoms with Gasteiger partial charge in [-0.3, -0.25) is 9.69 Å². The number of likely N-dealkylation sites (tertiary alicyclic amines) is 1. The van der Waals surface area contributed by atoms with Gasteiger partial charge in [0.15, 0.2) is 0 Å². The fourth-order valence-corrected chi connectivity index (χ4v) is 4.84. The van der Waals surface area contributed by atoms with Gasteiger partial charge < -0.3 is 5.32 Å². The zero-order chi connectivity index (χ0) is 21.7. The maximum absolute atomic E-state index is 12.6. The highest BCUT2D eigenvalue weighted by molar-refractivity contribution is 7.89. The minimum absolute atomic E-state index is 0.136. The van der Waals surface area contributed by atoms with Crippen molar-refractivity contribution < 1.29 is 13.2 Å². The summed E-state index contributed by atoms with van der Waals surface area (Å²) in [5.74, 6) is -0.289. The summed E-state index contributed by atoms with van der Waals surface area (Å²) in [6.07, 6.45) is 3.89. The predicted molar refractivity (Wildman–Crippen MR) is 119 cm³/mol. The molecule has 6 nitrogen and oxygen atoms in total. The number of carbonyl (C=O) groups is 1. The molecule has 3 rings (SSSR count). The molecular formula is C23H31N3O3S. The topological polar surface area (TPSA) is 78.5 Å². The molecule has 162 valence electrons. The molecule has 0 spiro atoms. The Kier molecular flexibility index (Phi) is 7.28. The van der Waals surface area contributed by atoms with Crippen molar-refractivity contribution in [2.75, 3.05) is 20.1 Å². The third-order valence-electron chi connectivity index (χ3n) is 5.77. The fraction of sp³-hybridized carbons (Fsp3) is 0.435. The first-order chi connectivity index (χ1) is 14.3. The molecule has 0 atom stereocenters. The van der Waals surface area contributed by atoms with E-state index in [9.17, 15) is 13.2 Å². The molecule has 2 aromatic carbocycles. The molecule has 7 heteroatoms. The van der Waals surface area contributed by atoms with Crippen LogP contribution in [0, 0.1) is 13.8 Å². The number of nitrogens with zero attached hydrogens (tertiary/aromatic N) is 1. The molecule has 0 aliphatic carbocycles. The maximum Gasteiger partial charge on any atom is 0.251 e. The zero-order valence-corrected chi connectivity index (χ0v) is 18.8. The Morgan fingerprint density at radius 3 is 2.27 bits per heavy atom. The van der Waals surface area contributed by atoms with Gasteiger partial charge in [-0.15, -0.1) is 0 Å². The van der Waals surface area contributed by atoms with E-state index < -0.39 is 10.0 Å². The van der Waals surface area contributed by atoms with Crippen molar-refractivity contribution in [2.45, 2.75) is 51.1 Å². The van der Waals surface area contributed by atoms with E-state index in [0.717, 1.165) is 17.7 Å². The molecular weight excluding hydrogens is 398 g/mol. The predicted octanol–water partition coefficient (Wildman–Crippen LogP) is 3.13. The molecule has 0 saturated carbocycles. The van der Waals surface area contributed by atoms with E-state index in [4.69, 9.17) is 0 Å². The normalized spacial score (nSPS) is 15.2. The van der Waals surface area contributed by atoms with Crippen LogP contribution in [0.25, 0.3) is 0 Å². The van der Waals surface area contributed by atoms with E-state index in [0.29, 0.717) is 17.7 Å². The first-order valence-corrected chi connectivity index (χ1v) is 11.9. The Morgan fingerprint density at radius 1 is 1.00 bits per heavy atom. The summed E-state index contributed by atoms with van der Waals surface area (Å²) in [6.45, 7) is 7.24. The standard InChI is InChI=1S/C23H31N3O3S/c1-17-13-21(14-22(18(17)2)30(28,29)24-3)23(27)25-15-19-7-9-20(10-8-19)16-26-11-5-4-6-12-26/h7-10,13-14,24H,4-6,11-12,15-16H2,1-3H3,(H,25,27). The number of benzene rings is 2. The second-order valence-electron chi connectivity index (χ2n) is 7.96. The van der Waals surface area contributed by atoms with E-state index in [1.807, 2.05) is 19.1 Å². The van der Waals surface area contributed by atoms with Crippen LogP contribution in [0.15, 0.2) is 41.3 Å². The number of aryl methyl sites for hydroxylation is 1. The average Bonchev–Trinajstić information content (AvgIpc) is 2.75. The SMILES string of the molecule is CNS(=O)(=O)c1cc(C(=O)NCc2ccc(CN3CCCCC3)cc2)cc(C)c1C. The lowest BCUT2D eigenvalue weighted by atomic mass is 10.1. The first-order valence-electron chi connectivity index (χ1n) is 10.4. The summed E-state index contributed by atoms with van der Waals surface area (Å²) in [6, 6.07) is 11.5. The van der Waals surface area contributed by atoms with Gasteiger partial charge in [0.1, 0.15) is 0 Å². The molecule has 1 saturated heterocycles. The van der Waals surface area contributed by atoms with Crippen molar-refractivity contribution >= 4 is 15.9 Å². The van der Waals surface area contributed by atoms with Gasteiger partial charge in [-0.2, -0.15) is 0 Å². The van der Waals surface area contributed by atoms with Crippen molar-refractivity contribution in [2.24, 2.45) is 0 Å². The fourth-order valence-electron chi connectivity index (χ4n) is 3.77. The van der Waals surface area contributed by atoms with Crippen LogP contribution in [0.4, 0.5) is 0 Å². The number of nitrogens with one attached hydrogen (secondary N) is 2. The highest BCUT2D eigenvalue weighted by Gasteiger charge is 2.19. The molecule has 0 bridgehead atoms. The Morgan fingerprint density at radius 2 is 1.63 bits per heavy atom. The molecule has 2 N–H and O–H groups in total. The van der Waals surface area contributed by atoms with E-state index >= 15 is 0 Å². The maximum atomic E-state index is 12.6. The largest absolute Gasteiger partial charge is 0.348 e. The Labute approximate surface area is 179 Å². The molecule has 1 fully saturated rings. The number of carbonyl (C=O) groups excluding carboxylic acids is 1. The lowest BCUT2D eigenvalue weighted by Gasteiger charge is -2.26. The molecule has 1 heterocycles. The lowest BCUT2D eigenvalue weighted by Crippen LogP contribution is -2.29. The van der Waals surface area contributed by atoms with Crippen LogP contribution < -0.4 is 10.0 Å². The van der Waals surface area contributed by atoms with Gasteiger partial charge in [0, 0.05) is 18.7 Å². The summed E-state index contributed by atoms with van der Waals surface area (Å²) in [5, 5.41) is 2.89. The minimum atomic E-state index is -3.63. The molecule has 30 heavy (non-hydrogen) atoms. The summed E-state index contributed by atoms with van der Waals surface area (Å²) in [5.41, 5.74) is 4.04. The van der Waals surface area contributed by atoms with Gasteiger partial charge in [0.25, 0.3) is 5.91 Å². The van der Waals surface area contributed by atoms with Crippen LogP contribution in [-0.2, 0) is 23.1 Å². The molecule has 0 aromatic heterocycles. The van der Waals surface area contributed by atoms with Gasteiger partial charge in [-0.05, 0) is 81.2 Å². The van der Waals surface area contributed by atoms with Gasteiger partial charge in [-0.1, -0.05) is 30.7 Å². The molecule has 2 aromatic rings. The summed E-state index contributed by atoms with van der Waals surface area (Å²) in [4.78, 5) is 15.3. The number of hydrogen-bond acceptors (Lipinski definition) is 4. The summed E-state index contributed by atoms with van der Waals surface area (Å²) in [7, 11) is -2.26. The second-order valence-corrected chi connectivity index (χ2v) is 9.81. The van der Waals surface area contributed by atoms with E-state index in [2.05, 4.69) is 27.1 Å². The minimum Gasteiger partial charge on any atom is -0.348 e. The average molecular weight is 430 g/mol. The number of sulfonamides is 1. The monoisotopic (exact) mass is 429 g/mol. The third kappa shape index (κ3) is 5.47. The molecule has 0 radical (unpaired) electrons. The number of amides is 1. The Balaban J connectivity index is 1.64. The molecule has 1 aliphatic rings. The van der Waals surface area contributed by atoms with Crippen molar-refractivity contribution in [1.29, 1.82) is 0 Å². The molecule has 0 unspecified atom stereocenters. The van der Waals surface area contributed by atoms with Crippen LogP contribution in [0.1, 0.15) is 51.9 Å². The van der Waals surface area contributed by atoms with Gasteiger partial charge in [0.05, 0.1) is 4.90 Å². The smallest absolute Gasteiger partial charge is 0.251 e. The number of rotatable bonds is 7. The van der Waals surface area contributed by atoms with Crippen molar-refractivity contribution in [3.8, 4) is 0 Å². The lowest BCUT2D eigenvalue weighted by molar-refractivity contribution is 0.0950. The van der Waals surface area contributed by atoms with Gasteiger partial charge in [0.2, 0.25) is 10.0 Å². The van der Waals surface area contributed by atoms with Crippen molar-refractivity contribution in [3.05, 3.63) is 64.2 Å².